The predicted molar refractivity (Wildman–Crippen MR) is 49.8 cm³/mol. The summed E-state index contributed by atoms with van der Waals surface area (Å²) in [5.74, 6) is -0.288. The number of hydrogen-bond acceptors (Lipinski definition) is 2. The van der Waals surface area contributed by atoms with Gasteiger partial charge in [0.05, 0.1) is 12.5 Å². The van der Waals surface area contributed by atoms with E-state index < -0.39 is 11.9 Å². The van der Waals surface area contributed by atoms with Crippen molar-refractivity contribution in [1.29, 1.82) is 0 Å². The SMILES string of the molecule is NC(=O)N1C(=O)[C]CC2C=CC=CC21. The molecule has 72 valence electrons. The van der Waals surface area contributed by atoms with E-state index in [-0.39, 0.29) is 12.0 Å². The zero-order chi connectivity index (χ0) is 10.1. The Labute approximate surface area is 82.1 Å². The van der Waals surface area contributed by atoms with Crippen LogP contribution in [0.4, 0.5) is 4.79 Å². The average molecular weight is 190 g/mol. The summed E-state index contributed by atoms with van der Waals surface area (Å²) < 4.78 is 0. The average Bonchev–Trinajstić information content (AvgIpc) is 2.17. The highest BCUT2D eigenvalue weighted by Crippen LogP contribution is 2.28. The van der Waals surface area contributed by atoms with E-state index in [1.807, 2.05) is 24.3 Å². The van der Waals surface area contributed by atoms with Gasteiger partial charge in [-0.15, -0.1) is 0 Å². The fraction of sp³-hybridized carbons (Fsp3) is 0.300. The van der Waals surface area contributed by atoms with Gasteiger partial charge in [-0.3, -0.25) is 9.69 Å². The number of nitrogens with two attached hydrogens (primary N) is 1. The van der Waals surface area contributed by atoms with Crippen LogP contribution in [0, 0.1) is 12.3 Å². The number of piperidine rings is 1. The zero-order valence-corrected chi connectivity index (χ0v) is 7.51. The summed E-state index contributed by atoms with van der Waals surface area (Å²) in [6.45, 7) is 0. The lowest BCUT2D eigenvalue weighted by Crippen LogP contribution is -2.53. The molecule has 14 heavy (non-hydrogen) atoms. The number of fused-ring (bicyclic) bond motifs is 1. The second-order valence-corrected chi connectivity index (χ2v) is 3.32. The van der Waals surface area contributed by atoms with Gasteiger partial charge in [0.25, 0.3) is 0 Å². The van der Waals surface area contributed by atoms with Gasteiger partial charge in [0.2, 0.25) is 5.91 Å². The van der Waals surface area contributed by atoms with E-state index in [9.17, 15) is 9.59 Å². The van der Waals surface area contributed by atoms with Crippen LogP contribution in [0.15, 0.2) is 24.3 Å². The molecule has 0 bridgehead atoms. The summed E-state index contributed by atoms with van der Waals surface area (Å²) in [5, 5.41) is 0. The topological polar surface area (TPSA) is 63.4 Å². The molecule has 3 amide bonds. The minimum Gasteiger partial charge on any atom is -0.351 e. The van der Waals surface area contributed by atoms with Crippen molar-refractivity contribution in [1.82, 2.24) is 4.90 Å². The van der Waals surface area contributed by atoms with E-state index in [0.717, 1.165) is 4.90 Å². The second kappa shape index (κ2) is 3.29. The van der Waals surface area contributed by atoms with Gasteiger partial charge < -0.3 is 5.73 Å². The van der Waals surface area contributed by atoms with Gasteiger partial charge in [-0.2, -0.15) is 0 Å². The Bertz CT molecular complexity index is 333. The summed E-state index contributed by atoms with van der Waals surface area (Å²) in [6.07, 6.45) is 10.7. The van der Waals surface area contributed by atoms with Gasteiger partial charge in [0.1, 0.15) is 0 Å². The molecule has 4 nitrogen and oxygen atoms in total. The molecule has 4 heteroatoms. The lowest BCUT2D eigenvalue weighted by Gasteiger charge is -2.36. The molecule has 0 aromatic rings. The van der Waals surface area contributed by atoms with Crippen LogP contribution in [-0.4, -0.2) is 22.9 Å². The summed E-state index contributed by atoms with van der Waals surface area (Å²) in [4.78, 5) is 23.4. The minimum absolute atomic E-state index is 0.130. The summed E-state index contributed by atoms with van der Waals surface area (Å²) >= 11 is 0. The number of allylic oxidation sites excluding steroid dienone is 2. The summed E-state index contributed by atoms with van der Waals surface area (Å²) in [7, 11) is 0. The predicted octanol–water partition coefficient (Wildman–Crippen LogP) is 0.489. The molecule has 1 saturated heterocycles. The normalized spacial score (nSPS) is 30.3. The van der Waals surface area contributed by atoms with Crippen LogP contribution >= 0.6 is 0 Å². The van der Waals surface area contributed by atoms with Gasteiger partial charge >= 0.3 is 6.03 Å². The number of amides is 3. The van der Waals surface area contributed by atoms with Crippen LogP contribution in [0.3, 0.4) is 0 Å². The minimum atomic E-state index is -0.711. The fourth-order valence-electron chi connectivity index (χ4n) is 1.78. The van der Waals surface area contributed by atoms with E-state index in [2.05, 4.69) is 6.42 Å². The molecule has 1 fully saturated rings. The molecule has 1 heterocycles. The van der Waals surface area contributed by atoms with E-state index in [1.165, 1.54) is 0 Å². The quantitative estimate of drug-likeness (QED) is 0.604. The molecule has 2 atom stereocenters. The Balaban J connectivity index is 2.28. The Hall–Kier alpha value is -1.58. The molecule has 1 aliphatic carbocycles. The lowest BCUT2D eigenvalue weighted by atomic mass is 9.86. The van der Waals surface area contributed by atoms with E-state index in [0.29, 0.717) is 6.42 Å². The molecule has 0 saturated carbocycles. The van der Waals surface area contributed by atoms with E-state index in [4.69, 9.17) is 5.73 Å². The van der Waals surface area contributed by atoms with Crippen molar-refractivity contribution in [2.45, 2.75) is 12.5 Å². The summed E-state index contributed by atoms with van der Waals surface area (Å²) in [6, 6.07) is -0.941. The molecule has 2 aliphatic rings. The molecule has 0 spiro atoms. The molecular weight excluding hydrogens is 180 g/mol. The Morgan fingerprint density at radius 3 is 2.93 bits per heavy atom. The Kier molecular flexibility index (Phi) is 2.11. The van der Waals surface area contributed by atoms with E-state index in [1.54, 1.807) is 0 Å². The first-order valence-electron chi connectivity index (χ1n) is 4.41. The maximum absolute atomic E-state index is 11.3. The lowest BCUT2D eigenvalue weighted by molar-refractivity contribution is -0.128. The van der Waals surface area contributed by atoms with Crippen molar-refractivity contribution in [2.24, 2.45) is 11.7 Å². The van der Waals surface area contributed by atoms with Crippen molar-refractivity contribution in [2.75, 3.05) is 0 Å². The van der Waals surface area contributed by atoms with Crippen LogP contribution in [0.25, 0.3) is 0 Å². The van der Waals surface area contributed by atoms with Gasteiger partial charge in [-0.05, 0) is 6.42 Å². The van der Waals surface area contributed by atoms with E-state index >= 15 is 0 Å². The highest BCUT2D eigenvalue weighted by Gasteiger charge is 2.37. The molecule has 2 unspecified atom stereocenters. The van der Waals surface area contributed by atoms with Crippen molar-refractivity contribution >= 4 is 11.9 Å². The van der Waals surface area contributed by atoms with Crippen LogP contribution in [-0.2, 0) is 4.79 Å². The molecule has 0 aromatic carbocycles. The number of nitrogens with zero attached hydrogens (tertiary/aromatic N) is 1. The maximum Gasteiger partial charge on any atom is 0.322 e. The first-order valence-corrected chi connectivity index (χ1v) is 4.41. The third kappa shape index (κ3) is 1.32. The van der Waals surface area contributed by atoms with Gasteiger partial charge in [0.15, 0.2) is 0 Å². The molecule has 0 aromatic heterocycles. The first kappa shape index (κ1) is 8.99. The van der Waals surface area contributed by atoms with Crippen molar-refractivity contribution < 1.29 is 9.59 Å². The molecule has 2 N–H and O–H groups in total. The van der Waals surface area contributed by atoms with Gasteiger partial charge in [0, 0.05) is 5.92 Å². The van der Waals surface area contributed by atoms with Crippen molar-refractivity contribution in [3.63, 3.8) is 0 Å². The monoisotopic (exact) mass is 190 g/mol. The Morgan fingerprint density at radius 1 is 1.50 bits per heavy atom. The zero-order valence-electron chi connectivity index (χ0n) is 7.51. The summed E-state index contributed by atoms with van der Waals surface area (Å²) in [5.41, 5.74) is 5.13. The number of hydrogen-bond donors (Lipinski definition) is 1. The van der Waals surface area contributed by atoms with Gasteiger partial charge in [-0.25, -0.2) is 4.79 Å². The Morgan fingerprint density at radius 2 is 2.21 bits per heavy atom. The maximum atomic E-state index is 11.3. The second-order valence-electron chi connectivity index (χ2n) is 3.32. The number of carbonyl (C=O) groups excluding carboxylic acids is 2. The first-order chi connectivity index (χ1) is 6.70. The van der Waals surface area contributed by atoms with Crippen molar-refractivity contribution in [3.8, 4) is 0 Å². The number of primary amides is 1. The number of likely N-dealkylation sites (tertiary alicyclic amines) is 1. The molecule has 1 aliphatic heterocycles. The third-order valence-electron chi connectivity index (χ3n) is 2.46. The number of rotatable bonds is 0. The smallest absolute Gasteiger partial charge is 0.322 e. The third-order valence-corrected chi connectivity index (χ3v) is 2.46. The number of urea groups is 1. The molecule has 2 rings (SSSR count). The molecule has 2 radical (unpaired) electrons. The van der Waals surface area contributed by atoms with Gasteiger partial charge in [-0.1, -0.05) is 24.3 Å². The number of carbonyl (C=O) groups is 2. The van der Waals surface area contributed by atoms with Crippen molar-refractivity contribution in [3.05, 3.63) is 30.7 Å². The largest absolute Gasteiger partial charge is 0.351 e. The highest BCUT2D eigenvalue weighted by molar-refractivity contribution is 5.99. The number of imide groups is 1. The van der Waals surface area contributed by atoms with Crippen LogP contribution in [0.1, 0.15) is 6.42 Å². The van der Waals surface area contributed by atoms with Crippen LogP contribution in [0.2, 0.25) is 0 Å². The molecular formula is C10H10N2O2. The van der Waals surface area contributed by atoms with Crippen LogP contribution in [0.5, 0.6) is 0 Å². The van der Waals surface area contributed by atoms with Crippen LogP contribution < -0.4 is 5.73 Å². The fourth-order valence-corrected chi connectivity index (χ4v) is 1.78. The standard InChI is InChI=1S/C10H10N2O2/c11-10(14)12-8-4-2-1-3-7(8)5-6-9(12)13/h1-4,7-8H,5H2,(H2,11,14). The highest BCUT2D eigenvalue weighted by atomic mass is 16.2.